The van der Waals surface area contributed by atoms with Gasteiger partial charge in [0.05, 0.1) is 11.3 Å². The van der Waals surface area contributed by atoms with Crippen LogP contribution in [0.15, 0.2) is 53.5 Å². The molecule has 2 aromatic carbocycles. The molecule has 3 heteroatoms. The number of rotatable bonds is 5. The van der Waals surface area contributed by atoms with E-state index in [4.69, 9.17) is 0 Å². The van der Waals surface area contributed by atoms with Gasteiger partial charge in [0, 0.05) is 6.21 Å². The number of hydrogen-bond donors (Lipinski definition) is 1. The highest BCUT2D eigenvalue weighted by Gasteiger charge is 2.13. The molecule has 0 saturated carbocycles. The third-order valence-electron chi connectivity index (χ3n) is 3.98. The molecule has 0 fully saturated rings. The summed E-state index contributed by atoms with van der Waals surface area (Å²) in [5.41, 5.74) is 3.47. The summed E-state index contributed by atoms with van der Waals surface area (Å²) in [6, 6.07) is 15.5. The number of benzene rings is 2. The fourth-order valence-electron chi connectivity index (χ4n) is 2.54. The van der Waals surface area contributed by atoms with Gasteiger partial charge in [-0.15, -0.1) is 0 Å². The van der Waals surface area contributed by atoms with Gasteiger partial charge in [-0.1, -0.05) is 64.1 Å². The van der Waals surface area contributed by atoms with E-state index in [-0.39, 0.29) is 16.9 Å². The third-order valence-corrected chi connectivity index (χ3v) is 3.98. The average Bonchev–Trinajstić information content (AvgIpc) is 2.53. The van der Waals surface area contributed by atoms with Crippen LogP contribution in [0.3, 0.4) is 0 Å². The summed E-state index contributed by atoms with van der Waals surface area (Å²) in [6.07, 6.45) is 2.71. The van der Waals surface area contributed by atoms with Crippen molar-refractivity contribution in [2.45, 2.75) is 39.5 Å². The SMILES string of the molecule is CC(/C=N/c1ccccc1C(=O)O)Cc1ccc(C(C)(C)C)cc1. The van der Waals surface area contributed by atoms with Crippen molar-refractivity contribution in [2.75, 3.05) is 0 Å². The highest BCUT2D eigenvalue weighted by Crippen LogP contribution is 2.23. The predicted molar refractivity (Wildman–Crippen MR) is 99.6 cm³/mol. The molecular formula is C21H25NO2. The lowest BCUT2D eigenvalue weighted by Gasteiger charge is -2.19. The van der Waals surface area contributed by atoms with Crippen LogP contribution in [0.2, 0.25) is 0 Å². The maximum atomic E-state index is 11.2. The molecule has 0 bridgehead atoms. The van der Waals surface area contributed by atoms with Gasteiger partial charge in [-0.05, 0) is 41.0 Å². The van der Waals surface area contributed by atoms with E-state index in [2.05, 4.69) is 57.0 Å². The number of carboxylic acid groups (broad SMARTS) is 1. The Hall–Kier alpha value is -2.42. The number of hydrogen-bond acceptors (Lipinski definition) is 2. The van der Waals surface area contributed by atoms with Crippen molar-refractivity contribution in [1.29, 1.82) is 0 Å². The number of aliphatic imine (C=N–C) groups is 1. The fourth-order valence-corrected chi connectivity index (χ4v) is 2.54. The Balaban J connectivity index is 2.06. The quantitative estimate of drug-likeness (QED) is 0.763. The van der Waals surface area contributed by atoms with Gasteiger partial charge in [-0.2, -0.15) is 0 Å². The number of para-hydroxylation sites is 1. The molecule has 1 N–H and O–H groups in total. The standard InChI is InChI=1S/C21H25NO2/c1-15(13-16-9-11-17(12-10-16)21(2,3)4)14-22-19-8-6-5-7-18(19)20(23)24/h5-12,14-15H,13H2,1-4H3,(H,23,24)/b22-14+. The maximum Gasteiger partial charge on any atom is 0.337 e. The summed E-state index contributed by atoms with van der Waals surface area (Å²) in [5.74, 6) is -0.722. The molecule has 3 nitrogen and oxygen atoms in total. The Kier molecular flexibility index (Phi) is 5.55. The van der Waals surface area contributed by atoms with E-state index in [1.54, 1.807) is 24.3 Å². The minimum absolute atomic E-state index is 0.159. The lowest BCUT2D eigenvalue weighted by atomic mass is 9.86. The monoisotopic (exact) mass is 323 g/mol. The summed E-state index contributed by atoms with van der Waals surface area (Å²) in [7, 11) is 0. The summed E-state index contributed by atoms with van der Waals surface area (Å²) in [4.78, 5) is 15.6. The van der Waals surface area contributed by atoms with E-state index >= 15 is 0 Å². The van der Waals surface area contributed by atoms with Crippen molar-refractivity contribution in [3.05, 3.63) is 65.2 Å². The Bertz CT molecular complexity index is 724. The molecule has 0 saturated heterocycles. The molecule has 0 aromatic heterocycles. The summed E-state index contributed by atoms with van der Waals surface area (Å²) < 4.78 is 0. The minimum atomic E-state index is -0.951. The van der Waals surface area contributed by atoms with Crippen molar-refractivity contribution in [1.82, 2.24) is 0 Å². The lowest BCUT2D eigenvalue weighted by Crippen LogP contribution is -2.11. The largest absolute Gasteiger partial charge is 0.478 e. The fraction of sp³-hybridized carbons (Fsp3) is 0.333. The van der Waals surface area contributed by atoms with Crippen LogP contribution in [-0.4, -0.2) is 17.3 Å². The average molecular weight is 323 g/mol. The van der Waals surface area contributed by atoms with Crippen LogP contribution in [0.4, 0.5) is 5.69 Å². The molecule has 0 amide bonds. The summed E-state index contributed by atoms with van der Waals surface area (Å²) in [6.45, 7) is 8.70. The molecule has 0 radical (unpaired) electrons. The molecule has 24 heavy (non-hydrogen) atoms. The van der Waals surface area contributed by atoms with Crippen LogP contribution < -0.4 is 0 Å². The molecule has 1 unspecified atom stereocenters. The Morgan fingerprint density at radius 1 is 1.12 bits per heavy atom. The minimum Gasteiger partial charge on any atom is -0.478 e. The van der Waals surface area contributed by atoms with Gasteiger partial charge in [0.1, 0.15) is 0 Å². The zero-order valence-corrected chi connectivity index (χ0v) is 14.8. The third kappa shape index (κ3) is 4.79. The van der Waals surface area contributed by atoms with Crippen molar-refractivity contribution in [3.8, 4) is 0 Å². The van der Waals surface area contributed by atoms with Crippen LogP contribution in [0.1, 0.15) is 49.2 Å². The molecular weight excluding hydrogens is 298 g/mol. The Morgan fingerprint density at radius 3 is 2.33 bits per heavy atom. The zero-order valence-electron chi connectivity index (χ0n) is 14.8. The van der Waals surface area contributed by atoms with Gasteiger partial charge in [-0.25, -0.2) is 4.79 Å². The Morgan fingerprint density at radius 2 is 1.75 bits per heavy atom. The molecule has 1 atom stereocenters. The molecule has 2 aromatic rings. The van der Waals surface area contributed by atoms with E-state index in [9.17, 15) is 9.90 Å². The number of carboxylic acids is 1. The highest BCUT2D eigenvalue weighted by atomic mass is 16.4. The van der Waals surface area contributed by atoms with Crippen LogP contribution >= 0.6 is 0 Å². The lowest BCUT2D eigenvalue weighted by molar-refractivity contribution is 0.0698. The number of nitrogens with zero attached hydrogens (tertiary/aromatic N) is 1. The first kappa shape index (κ1) is 17.9. The molecule has 0 aliphatic carbocycles. The number of carbonyl (C=O) groups is 1. The second-order valence-corrected chi connectivity index (χ2v) is 7.23. The van der Waals surface area contributed by atoms with Crippen molar-refractivity contribution in [3.63, 3.8) is 0 Å². The van der Waals surface area contributed by atoms with E-state index in [1.807, 2.05) is 6.21 Å². The first-order chi connectivity index (χ1) is 11.3. The second-order valence-electron chi connectivity index (χ2n) is 7.23. The van der Waals surface area contributed by atoms with Crippen molar-refractivity contribution in [2.24, 2.45) is 10.9 Å². The molecule has 0 heterocycles. The molecule has 0 spiro atoms. The van der Waals surface area contributed by atoms with E-state index in [0.29, 0.717) is 5.69 Å². The van der Waals surface area contributed by atoms with Crippen LogP contribution in [0, 0.1) is 5.92 Å². The van der Waals surface area contributed by atoms with Crippen molar-refractivity contribution < 1.29 is 9.90 Å². The van der Waals surface area contributed by atoms with Gasteiger partial charge in [0.2, 0.25) is 0 Å². The van der Waals surface area contributed by atoms with E-state index in [0.717, 1.165) is 6.42 Å². The molecule has 126 valence electrons. The smallest absolute Gasteiger partial charge is 0.337 e. The molecule has 0 aliphatic rings. The van der Waals surface area contributed by atoms with E-state index < -0.39 is 5.97 Å². The molecule has 2 rings (SSSR count). The first-order valence-corrected chi connectivity index (χ1v) is 8.23. The summed E-state index contributed by atoms with van der Waals surface area (Å²) in [5, 5.41) is 9.18. The van der Waals surface area contributed by atoms with Gasteiger partial charge < -0.3 is 5.11 Å². The van der Waals surface area contributed by atoms with Crippen LogP contribution in [0.25, 0.3) is 0 Å². The second kappa shape index (κ2) is 7.43. The van der Waals surface area contributed by atoms with Gasteiger partial charge in [-0.3, -0.25) is 4.99 Å². The van der Waals surface area contributed by atoms with Gasteiger partial charge in [0.25, 0.3) is 0 Å². The maximum absolute atomic E-state index is 11.2. The van der Waals surface area contributed by atoms with Gasteiger partial charge >= 0.3 is 5.97 Å². The van der Waals surface area contributed by atoms with Crippen LogP contribution in [0.5, 0.6) is 0 Å². The van der Waals surface area contributed by atoms with Crippen molar-refractivity contribution >= 4 is 17.9 Å². The van der Waals surface area contributed by atoms with E-state index in [1.165, 1.54) is 11.1 Å². The summed E-state index contributed by atoms with van der Waals surface area (Å²) >= 11 is 0. The van der Waals surface area contributed by atoms with Crippen LogP contribution in [-0.2, 0) is 11.8 Å². The van der Waals surface area contributed by atoms with Gasteiger partial charge in [0.15, 0.2) is 0 Å². The number of aromatic carboxylic acids is 1. The zero-order chi connectivity index (χ0) is 17.7. The Labute approximate surface area is 144 Å². The first-order valence-electron chi connectivity index (χ1n) is 8.23. The normalized spacial score (nSPS) is 13.2. The molecule has 0 aliphatic heterocycles. The topological polar surface area (TPSA) is 49.7 Å². The predicted octanol–water partition coefficient (Wildman–Crippen LogP) is 5.26. The highest BCUT2D eigenvalue weighted by molar-refractivity contribution is 5.94.